The van der Waals surface area contributed by atoms with E-state index in [0.29, 0.717) is 5.92 Å². The Morgan fingerprint density at radius 3 is 2.17 bits per heavy atom. The molecule has 0 aromatic carbocycles. The number of esters is 1. The van der Waals surface area contributed by atoms with E-state index in [1.165, 1.54) is 12.8 Å². The molecule has 3 unspecified atom stereocenters. The monoisotopic (exact) mass is 322 g/mol. The van der Waals surface area contributed by atoms with Crippen molar-refractivity contribution < 1.29 is 9.53 Å². The summed E-state index contributed by atoms with van der Waals surface area (Å²) in [5.74, 6) is 0.835. The molecule has 0 aromatic heterocycles. The zero-order valence-electron chi connectivity index (χ0n) is 16.7. The smallest absolute Gasteiger partial charge is 0.310 e. The quantitative estimate of drug-likeness (QED) is 0.562. The minimum absolute atomic E-state index is 0.00666. The second kappa shape index (κ2) is 5.77. The zero-order valence-corrected chi connectivity index (χ0v) is 16.7. The van der Waals surface area contributed by atoms with Crippen LogP contribution >= 0.6 is 0 Å². The maximum absolute atomic E-state index is 13.2. The molecule has 134 valence electrons. The van der Waals surface area contributed by atoms with E-state index in [1.54, 1.807) is 0 Å². The molecule has 2 fully saturated rings. The maximum atomic E-state index is 13.2. The van der Waals surface area contributed by atoms with Crippen molar-refractivity contribution in [2.75, 3.05) is 0 Å². The van der Waals surface area contributed by atoms with E-state index in [9.17, 15) is 4.79 Å². The molecule has 2 aliphatic rings. The number of carbonyl (C=O) groups is 1. The lowest BCUT2D eigenvalue weighted by Crippen LogP contribution is -2.48. The number of hydrogen-bond donors (Lipinski definition) is 0. The van der Waals surface area contributed by atoms with Crippen molar-refractivity contribution in [3.8, 4) is 0 Å². The molecule has 0 spiro atoms. The van der Waals surface area contributed by atoms with Gasteiger partial charge in [0.2, 0.25) is 0 Å². The minimum Gasteiger partial charge on any atom is -0.459 e. The van der Waals surface area contributed by atoms with Crippen LogP contribution in [0.15, 0.2) is 0 Å². The molecule has 2 rings (SSSR count). The number of hydrogen-bond acceptors (Lipinski definition) is 2. The number of carbonyl (C=O) groups excluding carboxylic acids is 1. The van der Waals surface area contributed by atoms with E-state index >= 15 is 0 Å². The van der Waals surface area contributed by atoms with Gasteiger partial charge in [-0.15, -0.1) is 0 Å². The van der Waals surface area contributed by atoms with E-state index in [4.69, 9.17) is 4.74 Å². The van der Waals surface area contributed by atoms with Crippen molar-refractivity contribution in [1.82, 2.24) is 0 Å². The fourth-order valence-electron chi connectivity index (χ4n) is 5.23. The van der Waals surface area contributed by atoms with Gasteiger partial charge in [0.05, 0.1) is 5.92 Å². The van der Waals surface area contributed by atoms with Crippen LogP contribution in [0, 0.1) is 28.1 Å². The maximum Gasteiger partial charge on any atom is 0.310 e. The third-order valence-electron chi connectivity index (χ3n) is 8.45. The Balaban J connectivity index is 2.21. The summed E-state index contributed by atoms with van der Waals surface area (Å²) in [6.07, 6.45) is 6.48. The number of ether oxygens (including phenoxy) is 1. The lowest BCUT2D eigenvalue weighted by molar-refractivity contribution is -0.183. The molecule has 2 nitrogen and oxygen atoms in total. The van der Waals surface area contributed by atoms with Crippen LogP contribution in [0.1, 0.15) is 93.9 Å². The van der Waals surface area contributed by atoms with Crippen LogP contribution in [-0.4, -0.2) is 11.6 Å². The Bertz CT molecular complexity index is 464. The standard InChI is InChI=1S/C21H38O2/c1-9-12-21(8,18(3,4)10-2)23-17(22)16-14-15-11-13-20(16,7)19(15,5)6/h15-16H,9-14H2,1-8H3/t15?,16?,20?,21-/m0/s1. The Morgan fingerprint density at radius 2 is 1.78 bits per heavy atom. The van der Waals surface area contributed by atoms with Gasteiger partial charge < -0.3 is 4.74 Å². The summed E-state index contributed by atoms with van der Waals surface area (Å²) in [7, 11) is 0. The molecule has 0 radical (unpaired) electrons. The first-order chi connectivity index (χ1) is 10.4. The molecule has 4 atom stereocenters. The topological polar surface area (TPSA) is 26.3 Å². The van der Waals surface area contributed by atoms with E-state index in [1.807, 2.05) is 0 Å². The molecule has 0 aliphatic heterocycles. The largest absolute Gasteiger partial charge is 0.459 e. The van der Waals surface area contributed by atoms with Crippen LogP contribution in [0.4, 0.5) is 0 Å². The highest BCUT2D eigenvalue weighted by Gasteiger charge is 2.64. The van der Waals surface area contributed by atoms with Gasteiger partial charge >= 0.3 is 5.97 Å². The second-order valence-corrected chi connectivity index (χ2v) is 9.80. The summed E-state index contributed by atoms with van der Waals surface area (Å²) in [5.41, 5.74) is 0.0129. The Morgan fingerprint density at radius 1 is 1.17 bits per heavy atom. The summed E-state index contributed by atoms with van der Waals surface area (Å²) >= 11 is 0. The molecule has 2 saturated carbocycles. The van der Waals surface area contributed by atoms with Gasteiger partial charge in [-0.05, 0) is 55.8 Å². The first-order valence-electron chi connectivity index (χ1n) is 9.68. The van der Waals surface area contributed by atoms with Crippen molar-refractivity contribution in [3.63, 3.8) is 0 Å². The van der Waals surface area contributed by atoms with Crippen LogP contribution in [0.3, 0.4) is 0 Å². The summed E-state index contributed by atoms with van der Waals surface area (Å²) in [6, 6.07) is 0. The summed E-state index contributed by atoms with van der Waals surface area (Å²) < 4.78 is 6.29. The molecular weight excluding hydrogens is 284 g/mol. The molecule has 0 N–H and O–H groups in total. The van der Waals surface area contributed by atoms with Gasteiger partial charge in [0, 0.05) is 5.41 Å². The highest BCUT2D eigenvalue weighted by molar-refractivity contribution is 5.75. The van der Waals surface area contributed by atoms with Crippen LogP contribution in [0.25, 0.3) is 0 Å². The predicted octanol–water partition coefficient (Wildman–Crippen LogP) is 5.99. The molecular formula is C21H38O2. The van der Waals surface area contributed by atoms with Crippen molar-refractivity contribution in [3.05, 3.63) is 0 Å². The second-order valence-electron chi connectivity index (χ2n) is 9.80. The molecule has 0 amide bonds. The summed E-state index contributed by atoms with van der Waals surface area (Å²) in [6.45, 7) is 18.1. The summed E-state index contributed by atoms with van der Waals surface area (Å²) in [5, 5.41) is 0. The lowest BCUT2D eigenvalue weighted by Gasteiger charge is -2.45. The fraction of sp³-hybridized carbons (Fsp3) is 0.952. The molecule has 23 heavy (non-hydrogen) atoms. The molecule has 0 heterocycles. The van der Waals surface area contributed by atoms with E-state index in [2.05, 4.69) is 55.4 Å². The molecule has 0 aromatic rings. The van der Waals surface area contributed by atoms with Gasteiger partial charge in [0.1, 0.15) is 5.60 Å². The Hall–Kier alpha value is -0.530. The number of rotatable bonds is 6. The first-order valence-corrected chi connectivity index (χ1v) is 9.68. The van der Waals surface area contributed by atoms with Gasteiger partial charge in [-0.2, -0.15) is 0 Å². The molecule has 2 heteroatoms. The van der Waals surface area contributed by atoms with Gasteiger partial charge in [-0.1, -0.05) is 54.9 Å². The SMILES string of the molecule is CCC[C@](C)(OC(=O)C1CC2CCC1(C)C2(C)C)C(C)(C)CC. The lowest BCUT2D eigenvalue weighted by atomic mass is 9.66. The molecule has 0 saturated heterocycles. The highest BCUT2D eigenvalue weighted by atomic mass is 16.6. The molecule has 2 aliphatic carbocycles. The van der Waals surface area contributed by atoms with Crippen LogP contribution in [0.5, 0.6) is 0 Å². The van der Waals surface area contributed by atoms with Gasteiger partial charge in [0.25, 0.3) is 0 Å². The first kappa shape index (κ1) is 18.8. The van der Waals surface area contributed by atoms with Gasteiger partial charge in [0.15, 0.2) is 0 Å². The predicted molar refractivity (Wildman–Crippen MR) is 96.2 cm³/mol. The fourth-order valence-corrected chi connectivity index (χ4v) is 5.23. The number of fused-ring (bicyclic) bond motifs is 2. The van der Waals surface area contributed by atoms with E-state index in [-0.39, 0.29) is 33.7 Å². The zero-order chi connectivity index (χ0) is 17.7. The van der Waals surface area contributed by atoms with E-state index in [0.717, 1.165) is 25.7 Å². The van der Waals surface area contributed by atoms with Gasteiger partial charge in [-0.25, -0.2) is 0 Å². The molecule has 2 bridgehead atoms. The van der Waals surface area contributed by atoms with Crippen LogP contribution in [0.2, 0.25) is 0 Å². The van der Waals surface area contributed by atoms with Gasteiger partial charge in [-0.3, -0.25) is 4.79 Å². The van der Waals surface area contributed by atoms with E-state index < -0.39 is 0 Å². The summed E-state index contributed by atoms with van der Waals surface area (Å²) in [4.78, 5) is 13.2. The minimum atomic E-state index is -0.365. The third kappa shape index (κ3) is 2.65. The van der Waals surface area contributed by atoms with Crippen molar-refractivity contribution in [2.24, 2.45) is 28.1 Å². The van der Waals surface area contributed by atoms with Crippen molar-refractivity contribution in [1.29, 1.82) is 0 Å². The Kier molecular flexibility index (Phi) is 4.72. The average Bonchev–Trinajstić information content (AvgIpc) is 2.79. The third-order valence-corrected chi connectivity index (χ3v) is 8.45. The Labute approximate surface area is 143 Å². The van der Waals surface area contributed by atoms with Crippen molar-refractivity contribution >= 4 is 5.97 Å². The van der Waals surface area contributed by atoms with Crippen molar-refractivity contribution in [2.45, 2.75) is 99.5 Å². The van der Waals surface area contributed by atoms with Crippen LogP contribution < -0.4 is 0 Å². The average molecular weight is 323 g/mol. The normalized spacial score (nSPS) is 35.1. The van der Waals surface area contributed by atoms with Crippen LogP contribution in [-0.2, 0) is 9.53 Å². The highest BCUT2D eigenvalue weighted by Crippen LogP contribution is 2.68.